The minimum atomic E-state index is 0.139. The fraction of sp³-hybridized carbons (Fsp3) is 0.333. The molecule has 0 unspecified atom stereocenters. The van der Waals surface area contributed by atoms with Crippen molar-refractivity contribution in [1.29, 1.82) is 0 Å². The molecule has 0 aliphatic heterocycles. The second-order valence-corrected chi connectivity index (χ2v) is 4.09. The Morgan fingerprint density at radius 1 is 1.24 bits per heavy atom. The second-order valence-electron chi connectivity index (χ2n) is 4.09. The van der Waals surface area contributed by atoms with E-state index in [1.54, 1.807) is 0 Å². The Morgan fingerprint density at radius 3 is 2.59 bits per heavy atom. The number of rotatable bonds is 4. The van der Waals surface area contributed by atoms with Crippen molar-refractivity contribution < 1.29 is 9.36 Å². The first-order valence-corrected chi connectivity index (χ1v) is 5.37. The minimum absolute atomic E-state index is 0.139. The van der Waals surface area contributed by atoms with Crippen molar-refractivity contribution in [2.75, 3.05) is 0 Å². The van der Waals surface area contributed by atoms with Gasteiger partial charge in [0.25, 0.3) is 5.89 Å². The number of hydrogen-bond donors (Lipinski definition) is 1. The fourth-order valence-corrected chi connectivity index (χ4v) is 1.85. The zero-order chi connectivity index (χ0) is 12.3. The highest BCUT2D eigenvalue weighted by Crippen LogP contribution is 2.12. The predicted octanol–water partition coefficient (Wildman–Crippen LogP) is 1.67. The Bertz CT molecular complexity index is 488. The molecule has 2 N–H and O–H groups in total. The van der Waals surface area contributed by atoms with E-state index in [2.05, 4.69) is 47.0 Å². The summed E-state index contributed by atoms with van der Waals surface area (Å²) in [5, 5.41) is 3.87. The molecule has 0 aliphatic carbocycles. The average molecular weight is 233 g/mol. The third-order valence-electron chi connectivity index (χ3n) is 2.36. The summed E-state index contributed by atoms with van der Waals surface area (Å²) in [7, 11) is 0. The van der Waals surface area contributed by atoms with Crippen molar-refractivity contribution in [2.45, 2.75) is 26.9 Å². The fourth-order valence-electron chi connectivity index (χ4n) is 1.85. The summed E-state index contributed by atoms with van der Waals surface area (Å²) < 4.78 is 4.97. The van der Waals surface area contributed by atoms with Gasteiger partial charge in [0, 0.05) is 6.42 Å². The van der Waals surface area contributed by atoms with Crippen LogP contribution < -0.4 is 5.90 Å². The van der Waals surface area contributed by atoms with Gasteiger partial charge in [0.1, 0.15) is 6.61 Å². The Hall–Kier alpha value is -1.72. The van der Waals surface area contributed by atoms with Gasteiger partial charge in [-0.3, -0.25) is 4.84 Å². The predicted molar refractivity (Wildman–Crippen MR) is 62.0 cm³/mol. The summed E-state index contributed by atoms with van der Waals surface area (Å²) in [5.74, 6) is 5.97. The molecule has 0 saturated heterocycles. The van der Waals surface area contributed by atoms with Gasteiger partial charge >= 0.3 is 0 Å². The van der Waals surface area contributed by atoms with Crippen molar-refractivity contribution in [3.05, 3.63) is 46.6 Å². The number of aryl methyl sites for hydroxylation is 2. The van der Waals surface area contributed by atoms with Crippen molar-refractivity contribution in [1.82, 2.24) is 10.1 Å². The largest absolute Gasteiger partial charge is 0.337 e. The zero-order valence-electron chi connectivity index (χ0n) is 9.93. The van der Waals surface area contributed by atoms with Gasteiger partial charge in [-0.2, -0.15) is 4.98 Å². The molecule has 0 saturated carbocycles. The van der Waals surface area contributed by atoms with Gasteiger partial charge in [-0.05, 0) is 19.4 Å². The molecular weight excluding hydrogens is 218 g/mol. The molecule has 2 aromatic rings. The molecule has 1 aromatic carbocycles. The summed E-state index contributed by atoms with van der Waals surface area (Å²) in [5.41, 5.74) is 3.63. The smallest absolute Gasteiger partial charge is 0.254 e. The lowest BCUT2D eigenvalue weighted by molar-refractivity contribution is 0.0995. The second kappa shape index (κ2) is 5.07. The lowest BCUT2D eigenvalue weighted by Gasteiger charge is -2.01. The number of benzene rings is 1. The molecule has 2 rings (SSSR count). The maximum Gasteiger partial charge on any atom is 0.254 e. The van der Waals surface area contributed by atoms with Gasteiger partial charge in [-0.25, -0.2) is 5.90 Å². The zero-order valence-corrected chi connectivity index (χ0v) is 9.93. The lowest BCUT2D eigenvalue weighted by atomic mass is 10.1. The van der Waals surface area contributed by atoms with E-state index >= 15 is 0 Å². The average Bonchev–Trinajstić information content (AvgIpc) is 2.64. The van der Waals surface area contributed by atoms with E-state index in [1.165, 1.54) is 16.7 Å². The summed E-state index contributed by atoms with van der Waals surface area (Å²) in [6.45, 7) is 4.28. The van der Waals surface area contributed by atoms with Crippen molar-refractivity contribution >= 4 is 0 Å². The van der Waals surface area contributed by atoms with Crippen LogP contribution in [-0.2, 0) is 17.9 Å². The third kappa shape index (κ3) is 3.12. The van der Waals surface area contributed by atoms with E-state index in [0.717, 1.165) is 0 Å². The number of nitrogens with zero attached hydrogens (tertiary/aromatic N) is 2. The molecule has 5 heteroatoms. The Balaban J connectivity index is 2.13. The van der Waals surface area contributed by atoms with Crippen molar-refractivity contribution in [2.24, 2.45) is 5.90 Å². The van der Waals surface area contributed by atoms with Crippen LogP contribution >= 0.6 is 0 Å². The summed E-state index contributed by atoms with van der Waals surface area (Å²) >= 11 is 0. The van der Waals surface area contributed by atoms with Gasteiger partial charge in [-0.1, -0.05) is 34.5 Å². The van der Waals surface area contributed by atoms with Gasteiger partial charge in [-0.15, -0.1) is 0 Å². The van der Waals surface area contributed by atoms with Crippen LogP contribution in [0.4, 0.5) is 0 Å². The normalized spacial score (nSPS) is 10.8. The molecule has 0 aliphatic rings. The highest BCUT2D eigenvalue weighted by atomic mass is 16.6. The van der Waals surface area contributed by atoms with Crippen LogP contribution in [0, 0.1) is 13.8 Å². The number of hydrogen-bond acceptors (Lipinski definition) is 5. The Kier molecular flexibility index (Phi) is 3.51. The molecule has 90 valence electrons. The van der Waals surface area contributed by atoms with E-state index in [1.807, 2.05) is 0 Å². The van der Waals surface area contributed by atoms with Crippen LogP contribution in [0.2, 0.25) is 0 Å². The van der Waals surface area contributed by atoms with Gasteiger partial charge < -0.3 is 4.52 Å². The molecule has 0 radical (unpaired) electrons. The molecule has 5 nitrogen and oxygen atoms in total. The van der Waals surface area contributed by atoms with Gasteiger partial charge in [0.15, 0.2) is 5.82 Å². The third-order valence-corrected chi connectivity index (χ3v) is 2.36. The van der Waals surface area contributed by atoms with Crippen LogP contribution in [0.3, 0.4) is 0 Å². The Morgan fingerprint density at radius 2 is 1.94 bits per heavy atom. The Labute approximate surface area is 99.5 Å². The van der Waals surface area contributed by atoms with Crippen molar-refractivity contribution in [3.8, 4) is 0 Å². The number of nitrogens with two attached hydrogens (primary N) is 1. The molecule has 0 atom stereocenters. The minimum Gasteiger partial charge on any atom is -0.337 e. The van der Waals surface area contributed by atoms with Crippen LogP contribution in [0.15, 0.2) is 22.7 Å². The highest BCUT2D eigenvalue weighted by Gasteiger charge is 2.07. The molecule has 0 fully saturated rings. The van der Waals surface area contributed by atoms with Crippen LogP contribution in [0.5, 0.6) is 0 Å². The summed E-state index contributed by atoms with van der Waals surface area (Å²) in [6, 6.07) is 6.36. The van der Waals surface area contributed by atoms with E-state index < -0.39 is 0 Å². The van der Waals surface area contributed by atoms with E-state index in [4.69, 9.17) is 10.4 Å². The highest BCUT2D eigenvalue weighted by molar-refractivity contribution is 5.30. The van der Waals surface area contributed by atoms with E-state index in [0.29, 0.717) is 18.1 Å². The van der Waals surface area contributed by atoms with Crippen LogP contribution in [0.1, 0.15) is 28.4 Å². The molecule has 17 heavy (non-hydrogen) atoms. The lowest BCUT2D eigenvalue weighted by Crippen LogP contribution is -1.99. The first-order chi connectivity index (χ1) is 8.17. The van der Waals surface area contributed by atoms with Crippen molar-refractivity contribution in [3.63, 3.8) is 0 Å². The first kappa shape index (κ1) is 11.8. The van der Waals surface area contributed by atoms with Gasteiger partial charge in [0.05, 0.1) is 0 Å². The quantitative estimate of drug-likeness (QED) is 0.813. The number of aromatic nitrogens is 2. The monoisotopic (exact) mass is 233 g/mol. The molecule has 0 amide bonds. The molecule has 1 heterocycles. The van der Waals surface area contributed by atoms with Crippen LogP contribution in [-0.4, -0.2) is 10.1 Å². The van der Waals surface area contributed by atoms with E-state index in [9.17, 15) is 0 Å². The van der Waals surface area contributed by atoms with Crippen LogP contribution in [0.25, 0.3) is 0 Å². The standard InChI is InChI=1S/C12H15N3O2/c1-8-3-9(2)5-10(4-8)6-11-14-12(7-16-13)17-15-11/h3-5H,6-7,13H2,1-2H3. The molecular formula is C12H15N3O2. The summed E-state index contributed by atoms with van der Waals surface area (Å²) in [6.07, 6.45) is 0.649. The SMILES string of the molecule is Cc1cc(C)cc(Cc2noc(CON)n2)c1. The maximum atomic E-state index is 4.97. The molecule has 1 aromatic heterocycles. The van der Waals surface area contributed by atoms with Gasteiger partial charge in [0.2, 0.25) is 0 Å². The molecule has 0 spiro atoms. The summed E-state index contributed by atoms with van der Waals surface area (Å²) in [4.78, 5) is 8.61. The maximum absolute atomic E-state index is 4.97. The molecule has 0 bridgehead atoms. The first-order valence-electron chi connectivity index (χ1n) is 5.37. The van der Waals surface area contributed by atoms with E-state index in [-0.39, 0.29) is 6.61 Å². The topological polar surface area (TPSA) is 74.2 Å².